The van der Waals surface area contributed by atoms with Crippen LogP contribution in [-0.4, -0.2) is 12.5 Å². The molecule has 0 aromatic heterocycles. The summed E-state index contributed by atoms with van der Waals surface area (Å²) in [5.74, 6) is -1.41. The highest BCUT2D eigenvalue weighted by atomic mass is 19.1. The standard InChI is InChI=1S/C6H6FNO/c1-4-2-5(7)6(9)8-3-4/h2H,1,3H2,(H,8,9). The summed E-state index contributed by atoms with van der Waals surface area (Å²) in [6, 6.07) is 0. The average Bonchev–Trinajstić information content (AvgIpc) is 1.80. The molecule has 0 fully saturated rings. The van der Waals surface area contributed by atoms with Gasteiger partial charge in [0.15, 0.2) is 5.83 Å². The van der Waals surface area contributed by atoms with Crippen LogP contribution >= 0.6 is 0 Å². The highest BCUT2D eigenvalue weighted by molar-refractivity contribution is 5.93. The van der Waals surface area contributed by atoms with Gasteiger partial charge in [-0.2, -0.15) is 0 Å². The van der Waals surface area contributed by atoms with E-state index in [0.29, 0.717) is 12.1 Å². The third-order valence-electron chi connectivity index (χ3n) is 1.02. The molecule has 1 N–H and O–H groups in total. The van der Waals surface area contributed by atoms with Crippen molar-refractivity contribution in [3.8, 4) is 0 Å². The fourth-order valence-electron chi connectivity index (χ4n) is 0.574. The van der Waals surface area contributed by atoms with Crippen LogP contribution in [0.15, 0.2) is 24.1 Å². The van der Waals surface area contributed by atoms with Crippen LogP contribution in [0.25, 0.3) is 0 Å². The third kappa shape index (κ3) is 1.16. The minimum Gasteiger partial charge on any atom is -0.346 e. The first-order valence-electron chi connectivity index (χ1n) is 2.53. The summed E-state index contributed by atoms with van der Waals surface area (Å²) in [5.41, 5.74) is 0.590. The first-order valence-corrected chi connectivity index (χ1v) is 2.53. The highest BCUT2D eigenvalue weighted by Crippen LogP contribution is 2.06. The maximum Gasteiger partial charge on any atom is 0.280 e. The lowest BCUT2D eigenvalue weighted by atomic mass is 10.2. The van der Waals surface area contributed by atoms with Gasteiger partial charge in [0.1, 0.15) is 0 Å². The van der Waals surface area contributed by atoms with E-state index < -0.39 is 11.7 Å². The molecule has 0 aromatic rings. The molecule has 48 valence electrons. The second kappa shape index (κ2) is 2.01. The Balaban J connectivity index is 2.84. The largest absolute Gasteiger partial charge is 0.346 e. The molecule has 0 bridgehead atoms. The van der Waals surface area contributed by atoms with Gasteiger partial charge in [0.2, 0.25) is 0 Å². The third-order valence-corrected chi connectivity index (χ3v) is 1.02. The Labute approximate surface area is 52.1 Å². The lowest BCUT2D eigenvalue weighted by Gasteiger charge is -2.08. The Morgan fingerprint density at radius 2 is 2.44 bits per heavy atom. The molecule has 0 aliphatic carbocycles. The number of hydrogen-bond donors (Lipinski definition) is 1. The quantitative estimate of drug-likeness (QED) is 0.505. The molecule has 1 rings (SSSR count). The molecule has 1 heterocycles. The summed E-state index contributed by atoms with van der Waals surface area (Å²) in [4.78, 5) is 10.3. The minimum absolute atomic E-state index is 0.353. The molecule has 0 atom stereocenters. The van der Waals surface area contributed by atoms with Gasteiger partial charge in [-0.15, -0.1) is 0 Å². The fraction of sp³-hybridized carbons (Fsp3) is 0.167. The first-order chi connectivity index (χ1) is 4.20. The van der Waals surface area contributed by atoms with Crippen molar-refractivity contribution in [2.75, 3.05) is 6.54 Å². The average molecular weight is 127 g/mol. The van der Waals surface area contributed by atoms with Gasteiger partial charge in [-0.25, -0.2) is 4.39 Å². The molecule has 3 heteroatoms. The second-order valence-electron chi connectivity index (χ2n) is 1.83. The van der Waals surface area contributed by atoms with Crippen LogP contribution < -0.4 is 5.32 Å². The van der Waals surface area contributed by atoms with Crippen LogP contribution in [0.5, 0.6) is 0 Å². The molecule has 0 spiro atoms. The molecular weight excluding hydrogens is 121 g/mol. The van der Waals surface area contributed by atoms with Gasteiger partial charge < -0.3 is 5.32 Å². The smallest absolute Gasteiger partial charge is 0.280 e. The summed E-state index contributed by atoms with van der Waals surface area (Å²) in [6.07, 6.45) is 1.14. The Hall–Kier alpha value is -1.12. The minimum atomic E-state index is -0.758. The second-order valence-corrected chi connectivity index (χ2v) is 1.83. The van der Waals surface area contributed by atoms with Crippen LogP contribution in [-0.2, 0) is 4.79 Å². The fourth-order valence-corrected chi connectivity index (χ4v) is 0.574. The maximum atomic E-state index is 12.2. The molecule has 1 aliphatic heterocycles. The molecule has 0 saturated heterocycles. The van der Waals surface area contributed by atoms with Gasteiger partial charge in [-0.1, -0.05) is 6.58 Å². The Bertz CT molecular complexity index is 195. The summed E-state index contributed by atoms with van der Waals surface area (Å²) in [6.45, 7) is 3.82. The Morgan fingerprint density at radius 3 is 2.89 bits per heavy atom. The lowest BCUT2D eigenvalue weighted by Crippen LogP contribution is -2.28. The van der Waals surface area contributed by atoms with Crippen LogP contribution in [0.4, 0.5) is 4.39 Å². The number of halogens is 1. The van der Waals surface area contributed by atoms with Gasteiger partial charge in [0.05, 0.1) is 0 Å². The van der Waals surface area contributed by atoms with Gasteiger partial charge in [-0.05, 0) is 11.6 Å². The van der Waals surface area contributed by atoms with E-state index in [2.05, 4.69) is 11.9 Å². The van der Waals surface area contributed by atoms with Gasteiger partial charge in [-0.3, -0.25) is 4.79 Å². The van der Waals surface area contributed by atoms with E-state index >= 15 is 0 Å². The Kier molecular flexibility index (Phi) is 1.34. The molecule has 0 saturated carbocycles. The molecule has 2 nitrogen and oxygen atoms in total. The van der Waals surface area contributed by atoms with Gasteiger partial charge >= 0.3 is 0 Å². The van der Waals surface area contributed by atoms with E-state index in [0.717, 1.165) is 6.08 Å². The SMILES string of the molecule is C=C1C=C(F)C(=O)NC1. The van der Waals surface area contributed by atoms with Crippen LogP contribution in [0.3, 0.4) is 0 Å². The zero-order valence-corrected chi connectivity index (χ0v) is 4.78. The molecule has 1 amide bonds. The summed E-state index contributed by atoms with van der Waals surface area (Å²) in [5, 5.41) is 2.30. The monoisotopic (exact) mass is 127 g/mol. The van der Waals surface area contributed by atoms with E-state index in [4.69, 9.17) is 0 Å². The van der Waals surface area contributed by atoms with Crippen molar-refractivity contribution in [1.29, 1.82) is 0 Å². The van der Waals surface area contributed by atoms with Crippen molar-refractivity contribution in [1.82, 2.24) is 5.32 Å². The number of carbonyl (C=O) groups excluding carboxylic acids is 1. The van der Waals surface area contributed by atoms with E-state index in [1.54, 1.807) is 0 Å². The van der Waals surface area contributed by atoms with Crippen molar-refractivity contribution < 1.29 is 9.18 Å². The first kappa shape index (κ1) is 6.01. The molecule has 0 aromatic carbocycles. The van der Waals surface area contributed by atoms with Crippen molar-refractivity contribution in [3.05, 3.63) is 24.1 Å². The molecule has 0 unspecified atom stereocenters. The number of amides is 1. The van der Waals surface area contributed by atoms with Crippen LogP contribution in [0, 0.1) is 0 Å². The van der Waals surface area contributed by atoms with E-state index in [-0.39, 0.29) is 0 Å². The van der Waals surface area contributed by atoms with Crippen molar-refractivity contribution in [2.45, 2.75) is 0 Å². The Morgan fingerprint density at radius 1 is 1.78 bits per heavy atom. The van der Waals surface area contributed by atoms with Crippen molar-refractivity contribution in [3.63, 3.8) is 0 Å². The van der Waals surface area contributed by atoms with E-state index in [1.807, 2.05) is 0 Å². The van der Waals surface area contributed by atoms with Gasteiger partial charge in [0.25, 0.3) is 5.91 Å². The highest BCUT2D eigenvalue weighted by Gasteiger charge is 2.12. The van der Waals surface area contributed by atoms with E-state index in [1.165, 1.54) is 0 Å². The van der Waals surface area contributed by atoms with E-state index in [9.17, 15) is 9.18 Å². The lowest BCUT2D eigenvalue weighted by molar-refractivity contribution is -0.118. The summed E-state index contributed by atoms with van der Waals surface area (Å²) < 4.78 is 12.2. The summed E-state index contributed by atoms with van der Waals surface area (Å²) >= 11 is 0. The predicted octanol–water partition coefficient (Wildman–Crippen LogP) is 0.526. The van der Waals surface area contributed by atoms with Crippen LogP contribution in [0.2, 0.25) is 0 Å². The molecule has 1 aliphatic rings. The predicted molar refractivity (Wildman–Crippen MR) is 31.3 cm³/mol. The number of hydrogen-bond acceptors (Lipinski definition) is 1. The van der Waals surface area contributed by atoms with Crippen molar-refractivity contribution in [2.24, 2.45) is 0 Å². The maximum absolute atomic E-state index is 12.2. The zero-order valence-electron chi connectivity index (χ0n) is 4.78. The molecular formula is C6H6FNO. The number of carbonyl (C=O) groups is 1. The zero-order chi connectivity index (χ0) is 6.85. The number of nitrogens with one attached hydrogen (secondary N) is 1. The molecule has 0 radical (unpaired) electrons. The summed E-state index contributed by atoms with van der Waals surface area (Å²) in [7, 11) is 0. The topological polar surface area (TPSA) is 29.1 Å². The van der Waals surface area contributed by atoms with Crippen LogP contribution in [0.1, 0.15) is 0 Å². The van der Waals surface area contributed by atoms with Crippen molar-refractivity contribution >= 4 is 5.91 Å². The molecule has 9 heavy (non-hydrogen) atoms. The number of rotatable bonds is 0. The normalized spacial score (nSPS) is 19.0. The van der Waals surface area contributed by atoms with Gasteiger partial charge in [0, 0.05) is 6.54 Å².